The number of H-pyrrole nitrogens is 1. The largest absolute Gasteiger partial charge is 0.382 e. The van der Waals surface area contributed by atoms with Gasteiger partial charge in [0.2, 0.25) is 6.10 Å². The fraction of sp³-hybridized carbons (Fsp3) is 0.583. The first-order valence-corrected chi connectivity index (χ1v) is 6.05. The Morgan fingerprint density at radius 2 is 2.28 bits per heavy atom. The molecule has 0 aromatic carbocycles. The normalized spacial score (nSPS) is 18.4. The first kappa shape index (κ1) is 12.6. The minimum Gasteiger partial charge on any atom is -0.382 e. The van der Waals surface area contributed by atoms with Gasteiger partial charge in [0.15, 0.2) is 0 Å². The molecule has 0 spiro atoms. The van der Waals surface area contributed by atoms with Gasteiger partial charge in [-0.05, 0) is 32.8 Å². The van der Waals surface area contributed by atoms with Crippen LogP contribution in [-0.2, 0) is 16.1 Å². The molecule has 2 rings (SSSR count). The van der Waals surface area contributed by atoms with Gasteiger partial charge >= 0.3 is 0 Å². The third-order valence-electron chi connectivity index (χ3n) is 3.06. The van der Waals surface area contributed by atoms with Crippen LogP contribution in [0.3, 0.4) is 0 Å². The molecule has 6 heteroatoms. The molecule has 0 aliphatic carbocycles. The van der Waals surface area contributed by atoms with Crippen molar-refractivity contribution in [2.75, 3.05) is 6.54 Å². The zero-order valence-corrected chi connectivity index (χ0v) is 10.9. The van der Waals surface area contributed by atoms with Crippen LogP contribution in [0.1, 0.15) is 30.3 Å². The summed E-state index contributed by atoms with van der Waals surface area (Å²) in [5.74, 6) is -0.102. The molecule has 0 fully saturated rings. The third kappa shape index (κ3) is 2.69. The highest BCUT2D eigenvalue weighted by Crippen LogP contribution is 2.11. The molecule has 0 saturated carbocycles. The molecule has 1 aromatic rings. The maximum Gasteiger partial charge on any atom is 0.264 e. The minimum atomic E-state index is -0.462. The predicted molar refractivity (Wildman–Crippen MR) is 67.4 cm³/mol. The topological polar surface area (TPSA) is 79.4 Å². The molecule has 1 amide bonds. The predicted octanol–water partition coefficient (Wildman–Crippen LogP) is 0.850. The van der Waals surface area contributed by atoms with Gasteiger partial charge in [-0.3, -0.25) is 9.89 Å². The molecule has 2 N–H and O–H groups in total. The van der Waals surface area contributed by atoms with E-state index in [0.29, 0.717) is 13.0 Å². The number of hydrogen-bond donors (Lipinski definition) is 2. The molecule has 0 saturated heterocycles. The number of rotatable bonds is 4. The fourth-order valence-electron chi connectivity index (χ4n) is 2.00. The second-order valence-electron chi connectivity index (χ2n) is 4.58. The van der Waals surface area contributed by atoms with Crippen molar-refractivity contribution in [3.63, 3.8) is 0 Å². The Balaban J connectivity index is 1.78. The molecule has 18 heavy (non-hydrogen) atoms. The molecule has 2 heterocycles. The van der Waals surface area contributed by atoms with Crippen molar-refractivity contribution < 1.29 is 9.63 Å². The SMILES string of the molecule is CC1=NOC(C(=O)NCCc2c(C)n[nH]c2C)C1. The summed E-state index contributed by atoms with van der Waals surface area (Å²) < 4.78 is 0. The van der Waals surface area contributed by atoms with E-state index in [2.05, 4.69) is 20.7 Å². The van der Waals surface area contributed by atoms with Crippen LogP contribution in [0.25, 0.3) is 0 Å². The van der Waals surface area contributed by atoms with Gasteiger partial charge in [-0.1, -0.05) is 5.16 Å². The molecule has 6 nitrogen and oxygen atoms in total. The van der Waals surface area contributed by atoms with E-state index >= 15 is 0 Å². The molecule has 0 radical (unpaired) electrons. The molecular weight excluding hydrogens is 232 g/mol. The monoisotopic (exact) mass is 250 g/mol. The molecule has 1 atom stereocenters. The summed E-state index contributed by atoms with van der Waals surface area (Å²) in [5, 5.41) is 13.7. The zero-order valence-electron chi connectivity index (χ0n) is 10.9. The Kier molecular flexibility index (Phi) is 3.64. The van der Waals surface area contributed by atoms with Crippen LogP contribution in [0.2, 0.25) is 0 Å². The van der Waals surface area contributed by atoms with Crippen molar-refractivity contribution in [2.45, 2.75) is 39.7 Å². The van der Waals surface area contributed by atoms with Gasteiger partial charge in [-0.15, -0.1) is 0 Å². The molecule has 1 aliphatic heterocycles. The van der Waals surface area contributed by atoms with E-state index in [9.17, 15) is 4.79 Å². The number of aromatic nitrogens is 2. The molecule has 98 valence electrons. The van der Waals surface area contributed by atoms with Crippen LogP contribution in [0.15, 0.2) is 5.16 Å². The van der Waals surface area contributed by atoms with E-state index < -0.39 is 6.10 Å². The average molecular weight is 250 g/mol. The number of carbonyl (C=O) groups is 1. The first-order valence-electron chi connectivity index (χ1n) is 6.05. The number of aromatic amines is 1. The summed E-state index contributed by atoms with van der Waals surface area (Å²) in [4.78, 5) is 16.8. The Bertz CT molecular complexity index is 459. The number of amides is 1. The summed E-state index contributed by atoms with van der Waals surface area (Å²) in [6.45, 7) is 6.37. The highest BCUT2D eigenvalue weighted by atomic mass is 16.6. The third-order valence-corrected chi connectivity index (χ3v) is 3.06. The van der Waals surface area contributed by atoms with E-state index in [1.54, 1.807) is 0 Å². The van der Waals surface area contributed by atoms with Crippen LogP contribution in [0, 0.1) is 13.8 Å². The number of nitrogens with zero attached hydrogens (tertiary/aromatic N) is 2. The van der Waals surface area contributed by atoms with Gasteiger partial charge in [-0.25, -0.2) is 0 Å². The lowest BCUT2D eigenvalue weighted by atomic mass is 10.1. The fourth-order valence-corrected chi connectivity index (χ4v) is 2.00. The smallest absolute Gasteiger partial charge is 0.264 e. The molecule has 1 aliphatic rings. The van der Waals surface area contributed by atoms with Gasteiger partial charge in [-0.2, -0.15) is 5.10 Å². The lowest BCUT2D eigenvalue weighted by Gasteiger charge is -2.09. The highest BCUT2D eigenvalue weighted by molar-refractivity contribution is 5.91. The Morgan fingerprint density at radius 1 is 1.50 bits per heavy atom. The van der Waals surface area contributed by atoms with Crippen LogP contribution in [-0.4, -0.2) is 34.5 Å². The molecular formula is C12H18N4O2. The summed E-state index contributed by atoms with van der Waals surface area (Å²) in [6, 6.07) is 0. The van der Waals surface area contributed by atoms with Gasteiger partial charge < -0.3 is 10.2 Å². The number of oxime groups is 1. The summed E-state index contributed by atoms with van der Waals surface area (Å²) in [6.07, 6.45) is 0.888. The van der Waals surface area contributed by atoms with Crippen molar-refractivity contribution in [3.8, 4) is 0 Å². The van der Waals surface area contributed by atoms with Crippen molar-refractivity contribution in [2.24, 2.45) is 5.16 Å². The number of hydrogen-bond acceptors (Lipinski definition) is 4. The lowest BCUT2D eigenvalue weighted by molar-refractivity contribution is -0.131. The Morgan fingerprint density at radius 3 is 2.83 bits per heavy atom. The second kappa shape index (κ2) is 5.20. The van der Waals surface area contributed by atoms with Crippen LogP contribution >= 0.6 is 0 Å². The van der Waals surface area contributed by atoms with Gasteiger partial charge in [0.25, 0.3) is 5.91 Å². The summed E-state index contributed by atoms with van der Waals surface area (Å²) in [7, 11) is 0. The van der Waals surface area contributed by atoms with Gasteiger partial charge in [0.05, 0.1) is 11.4 Å². The van der Waals surface area contributed by atoms with Gasteiger partial charge in [0, 0.05) is 18.7 Å². The highest BCUT2D eigenvalue weighted by Gasteiger charge is 2.25. The van der Waals surface area contributed by atoms with E-state index in [-0.39, 0.29) is 5.91 Å². The average Bonchev–Trinajstić information content (AvgIpc) is 2.89. The Labute approximate surface area is 106 Å². The second-order valence-corrected chi connectivity index (χ2v) is 4.58. The van der Waals surface area contributed by atoms with E-state index in [4.69, 9.17) is 4.84 Å². The minimum absolute atomic E-state index is 0.102. The van der Waals surface area contributed by atoms with E-state index in [1.165, 1.54) is 0 Å². The maximum atomic E-state index is 11.8. The van der Waals surface area contributed by atoms with Crippen LogP contribution < -0.4 is 5.32 Å². The lowest BCUT2D eigenvalue weighted by Crippen LogP contribution is -2.35. The summed E-state index contributed by atoms with van der Waals surface area (Å²) >= 11 is 0. The van der Waals surface area contributed by atoms with Crippen molar-refractivity contribution in [3.05, 3.63) is 17.0 Å². The number of aryl methyl sites for hydroxylation is 2. The van der Waals surface area contributed by atoms with Crippen molar-refractivity contribution >= 4 is 11.6 Å². The van der Waals surface area contributed by atoms with Gasteiger partial charge in [0.1, 0.15) is 0 Å². The molecule has 0 bridgehead atoms. The van der Waals surface area contributed by atoms with Crippen molar-refractivity contribution in [1.82, 2.24) is 15.5 Å². The quantitative estimate of drug-likeness (QED) is 0.831. The molecule has 1 aromatic heterocycles. The van der Waals surface area contributed by atoms with E-state index in [0.717, 1.165) is 29.1 Å². The van der Waals surface area contributed by atoms with Crippen LogP contribution in [0.4, 0.5) is 0 Å². The molecule has 1 unspecified atom stereocenters. The van der Waals surface area contributed by atoms with Crippen molar-refractivity contribution in [1.29, 1.82) is 0 Å². The first-order chi connectivity index (χ1) is 8.58. The maximum absolute atomic E-state index is 11.8. The van der Waals surface area contributed by atoms with Crippen LogP contribution in [0.5, 0.6) is 0 Å². The zero-order chi connectivity index (χ0) is 13.1. The van der Waals surface area contributed by atoms with E-state index in [1.807, 2.05) is 20.8 Å². The number of nitrogens with one attached hydrogen (secondary N) is 2. The number of carbonyl (C=O) groups excluding carboxylic acids is 1. The standard InChI is InChI=1S/C12H18N4O2/c1-7-6-11(18-16-7)12(17)13-5-4-10-8(2)14-15-9(10)3/h11H,4-6H2,1-3H3,(H,13,17)(H,14,15). The Hall–Kier alpha value is -1.85. The summed E-state index contributed by atoms with van der Waals surface area (Å²) in [5.41, 5.74) is 4.06.